The lowest BCUT2D eigenvalue weighted by molar-refractivity contribution is 0.328. The summed E-state index contributed by atoms with van der Waals surface area (Å²) in [6.45, 7) is 6.76. The lowest BCUT2D eigenvalue weighted by atomic mass is 10.2. The normalized spacial score (nSPS) is 10.8. The van der Waals surface area contributed by atoms with E-state index in [0.29, 0.717) is 24.2 Å². The lowest BCUT2D eigenvalue weighted by Crippen LogP contribution is -2.10. The summed E-state index contributed by atoms with van der Waals surface area (Å²) in [4.78, 5) is 8.62. The molecule has 4 heteroatoms. The maximum atomic E-state index is 5.36. The van der Waals surface area contributed by atoms with E-state index in [1.165, 1.54) is 0 Å². The van der Waals surface area contributed by atoms with Gasteiger partial charge in [-0.2, -0.15) is 4.98 Å². The molecule has 0 aliphatic rings. The molecule has 2 aromatic rings. The van der Waals surface area contributed by atoms with E-state index < -0.39 is 0 Å². The second kappa shape index (κ2) is 4.99. The molecule has 0 bridgehead atoms. The summed E-state index contributed by atoms with van der Waals surface area (Å²) in [7, 11) is 0. The fraction of sp³-hybridized carbons (Fsp3) is 0.385. The lowest BCUT2D eigenvalue weighted by Gasteiger charge is -2.12. The van der Waals surface area contributed by atoms with Crippen LogP contribution < -0.4 is 10.1 Å². The molecule has 0 aliphatic carbocycles. The molecule has 0 fully saturated rings. The number of nitrogens with one attached hydrogen (secondary N) is 1. The number of rotatable bonds is 4. The van der Waals surface area contributed by atoms with Crippen LogP contribution in [0.3, 0.4) is 0 Å². The van der Waals surface area contributed by atoms with Gasteiger partial charge in [0.25, 0.3) is 0 Å². The Kier molecular flexibility index (Phi) is 3.42. The van der Waals surface area contributed by atoms with Gasteiger partial charge in [0.05, 0.1) is 6.61 Å². The molecule has 90 valence electrons. The standard InChI is InChI=1S/C13H17N3O/c1-4-17-12-6-5-10-11(15-9(2)3)7-8-14-13(10)16-12/h5-9H,4H2,1-3H3,(H,14,15,16). The van der Waals surface area contributed by atoms with Crippen LogP contribution in [0.1, 0.15) is 20.8 Å². The molecular weight excluding hydrogens is 214 g/mol. The zero-order chi connectivity index (χ0) is 12.3. The van der Waals surface area contributed by atoms with E-state index in [2.05, 4.69) is 29.1 Å². The van der Waals surface area contributed by atoms with Crippen LogP contribution in [-0.2, 0) is 0 Å². The molecule has 0 atom stereocenters. The van der Waals surface area contributed by atoms with Crippen molar-refractivity contribution in [3.63, 3.8) is 0 Å². The molecule has 2 aromatic heterocycles. The minimum absolute atomic E-state index is 0.382. The summed E-state index contributed by atoms with van der Waals surface area (Å²) in [6.07, 6.45) is 1.76. The average Bonchev–Trinajstić information content (AvgIpc) is 2.29. The summed E-state index contributed by atoms with van der Waals surface area (Å²) < 4.78 is 5.36. The minimum atomic E-state index is 0.382. The molecular formula is C13H17N3O. The fourth-order valence-corrected chi connectivity index (χ4v) is 1.68. The van der Waals surface area contributed by atoms with Gasteiger partial charge in [0.15, 0.2) is 5.65 Å². The second-order valence-electron chi connectivity index (χ2n) is 4.11. The molecule has 0 spiro atoms. The quantitative estimate of drug-likeness (QED) is 0.879. The van der Waals surface area contributed by atoms with Crippen LogP contribution in [-0.4, -0.2) is 22.6 Å². The Morgan fingerprint density at radius 1 is 1.29 bits per heavy atom. The molecule has 0 unspecified atom stereocenters. The summed E-state index contributed by atoms with van der Waals surface area (Å²) in [5, 5.41) is 4.40. The van der Waals surface area contributed by atoms with Crippen molar-refractivity contribution in [2.45, 2.75) is 26.8 Å². The third-order valence-electron chi connectivity index (χ3n) is 2.31. The highest BCUT2D eigenvalue weighted by Gasteiger charge is 2.05. The Hall–Kier alpha value is -1.84. The molecule has 0 aromatic carbocycles. The number of fused-ring (bicyclic) bond motifs is 1. The van der Waals surface area contributed by atoms with Crippen LogP contribution in [0.4, 0.5) is 5.69 Å². The first-order valence-corrected chi connectivity index (χ1v) is 5.85. The molecule has 0 amide bonds. The van der Waals surface area contributed by atoms with E-state index in [0.717, 1.165) is 11.1 Å². The van der Waals surface area contributed by atoms with Gasteiger partial charge in [-0.15, -0.1) is 0 Å². The van der Waals surface area contributed by atoms with Gasteiger partial charge in [0.1, 0.15) is 0 Å². The highest BCUT2D eigenvalue weighted by molar-refractivity contribution is 5.88. The van der Waals surface area contributed by atoms with E-state index >= 15 is 0 Å². The highest BCUT2D eigenvalue weighted by atomic mass is 16.5. The highest BCUT2D eigenvalue weighted by Crippen LogP contribution is 2.23. The van der Waals surface area contributed by atoms with Crippen molar-refractivity contribution in [2.24, 2.45) is 0 Å². The van der Waals surface area contributed by atoms with Crippen LogP contribution in [0.5, 0.6) is 5.88 Å². The number of anilines is 1. The first-order valence-electron chi connectivity index (χ1n) is 5.85. The third kappa shape index (κ3) is 2.64. The van der Waals surface area contributed by atoms with Crippen LogP contribution in [0.25, 0.3) is 11.0 Å². The topological polar surface area (TPSA) is 47.0 Å². The van der Waals surface area contributed by atoms with E-state index in [-0.39, 0.29) is 0 Å². The van der Waals surface area contributed by atoms with Crippen LogP contribution in [0.15, 0.2) is 24.4 Å². The van der Waals surface area contributed by atoms with E-state index in [9.17, 15) is 0 Å². The number of ether oxygens (including phenoxy) is 1. The second-order valence-corrected chi connectivity index (χ2v) is 4.11. The number of hydrogen-bond donors (Lipinski definition) is 1. The summed E-state index contributed by atoms with van der Waals surface area (Å²) in [6, 6.07) is 6.21. The van der Waals surface area contributed by atoms with E-state index in [1.54, 1.807) is 6.20 Å². The van der Waals surface area contributed by atoms with E-state index in [1.807, 2.05) is 25.1 Å². The summed E-state index contributed by atoms with van der Waals surface area (Å²) in [5.74, 6) is 0.620. The largest absolute Gasteiger partial charge is 0.478 e. The van der Waals surface area contributed by atoms with Crippen LogP contribution in [0, 0.1) is 0 Å². The minimum Gasteiger partial charge on any atom is -0.478 e. The van der Waals surface area contributed by atoms with Gasteiger partial charge < -0.3 is 10.1 Å². The van der Waals surface area contributed by atoms with Gasteiger partial charge >= 0.3 is 0 Å². The maximum absolute atomic E-state index is 5.36. The Bertz CT molecular complexity index is 511. The first-order chi connectivity index (χ1) is 8.20. The zero-order valence-electron chi connectivity index (χ0n) is 10.4. The molecule has 17 heavy (non-hydrogen) atoms. The Morgan fingerprint density at radius 3 is 2.82 bits per heavy atom. The fourth-order valence-electron chi connectivity index (χ4n) is 1.68. The first kappa shape index (κ1) is 11.6. The van der Waals surface area contributed by atoms with Crippen molar-refractivity contribution in [3.05, 3.63) is 24.4 Å². The van der Waals surface area contributed by atoms with Gasteiger partial charge in [-0.05, 0) is 32.9 Å². The predicted octanol–water partition coefficient (Wildman–Crippen LogP) is 2.85. The van der Waals surface area contributed by atoms with Crippen LogP contribution in [0.2, 0.25) is 0 Å². The number of aromatic nitrogens is 2. The third-order valence-corrected chi connectivity index (χ3v) is 2.31. The maximum Gasteiger partial charge on any atom is 0.215 e. The van der Waals surface area contributed by atoms with E-state index in [4.69, 9.17) is 4.74 Å². The van der Waals surface area contributed by atoms with Crippen LogP contribution >= 0.6 is 0 Å². The smallest absolute Gasteiger partial charge is 0.215 e. The zero-order valence-corrected chi connectivity index (χ0v) is 10.4. The molecule has 0 saturated heterocycles. The van der Waals surface area contributed by atoms with Gasteiger partial charge in [-0.25, -0.2) is 4.98 Å². The summed E-state index contributed by atoms with van der Waals surface area (Å²) >= 11 is 0. The van der Waals surface area contributed by atoms with Crippen molar-refractivity contribution >= 4 is 16.7 Å². The van der Waals surface area contributed by atoms with Gasteiger partial charge in [-0.1, -0.05) is 0 Å². The number of nitrogens with zero attached hydrogens (tertiary/aromatic N) is 2. The monoisotopic (exact) mass is 231 g/mol. The van der Waals surface area contributed by atoms with Crippen molar-refractivity contribution in [2.75, 3.05) is 11.9 Å². The molecule has 2 rings (SSSR count). The molecule has 4 nitrogen and oxygen atoms in total. The van der Waals surface area contributed by atoms with Crippen molar-refractivity contribution < 1.29 is 4.74 Å². The average molecular weight is 231 g/mol. The van der Waals surface area contributed by atoms with Crippen molar-refractivity contribution in [3.8, 4) is 5.88 Å². The predicted molar refractivity (Wildman–Crippen MR) is 69.5 cm³/mol. The van der Waals surface area contributed by atoms with Crippen molar-refractivity contribution in [1.29, 1.82) is 0 Å². The molecule has 1 N–H and O–H groups in total. The SMILES string of the molecule is CCOc1ccc2c(NC(C)C)ccnc2n1. The Morgan fingerprint density at radius 2 is 2.12 bits per heavy atom. The molecule has 0 aliphatic heterocycles. The van der Waals surface area contributed by atoms with Gasteiger partial charge in [0.2, 0.25) is 5.88 Å². The van der Waals surface area contributed by atoms with Gasteiger partial charge in [0, 0.05) is 29.4 Å². The molecule has 0 saturated carbocycles. The van der Waals surface area contributed by atoms with Gasteiger partial charge in [-0.3, -0.25) is 0 Å². The molecule has 0 radical (unpaired) electrons. The Labute approximate surface area is 101 Å². The van der Waals surface area contributed by atoms with Crippen molar-refractivity contribution in [1.82, 2.24) is 9.97 Å². The Balaban J connectivity index is 2.43. The number of hydrogen-bond acceptors (Lipinski definition) is 4. The summed E-state index contributed by atoms with van der Waals surface area (Å²) in [5.41, 5.74) is 1.77. The molecule has 2 heterocycles. The number of pyridine rings is 2.